The van der Waals surface area contributed by atoms with E-state index in [2.05, 4.69) is 10.5 Å². The summed E-state index contributed by atoms with van der Waals surface area (Å²) >= 11 is 5.59. The number of hydrogen-bond donors (Lipinski definition) is 1. The van der Waals surface area contributed by atoms with Gasteiger partial charge in [-0.1, -0.05) is 12.1 Å². The van der Waals surface area contributed by atoms with Gasteiger partial charge in [0.2, 0.25) is 0 Å². The Morgan fingerprint density at radius 1 is 1.73 bits per heavy atom. The molecule has 1 heterocycles. The van der Waals surface area contributed by atoms with E-state index in [4.69, 9.17) is 16.1 Å². The van der Waals surface area contributed by atoms with E-state index >= 15 is 0 Å². The SMILES string of the molecule is Cc1cc(C(=O)NCC(C)CCCl)no1. The Morgan fingerprint density at radius 2 is 2.47 bits per heavy atom. The molecule has 0 spiro atoms. The lowest BCUT2D eigenvalue weighted by Crippen LogP contribution is -2.28. The highest BCUT2D eigenvalue weighted by molar-refractivity contribution is 6.17. The van der Waals surface area contributed by atoms with E-state index in [0.29, 0.717) is 29.8 Å². The molecule has 84 valence electrons. The molecular formula is C10H15ClN2O2. The van der Waals surface area contributed by atoms with Crippen LogP contribution in [0.5, 0.6) is 0 Å². The third kappa shape index (κ3) is 3.91. The first kappa shape index (κ1) is 12.0. The Bertz CT molecular complexity index is 325. The topological polar surface area (TPSA) is 55.1 Å². The highest BCUT2D eigenvalue weighted by Gasteiger charge is 2.11. The molecule has 0 saturated carbocycles. The highest BCUT2D eigenvalue weighted by Crippen LogP contribution is 2.04. The smallest absolute Gasteiger partial charge is 0.273 e. The predicted octanol–water partition coefficient (Wildman–Crippen LogP) is 1.98. The second kappa shape index (κ2) is 5.75. The number of nitrogens with zero attached hydrogens (tertiary/aromatic N) is 1. The van der Waals surface area contributed by atoms with Gasteiger partial charge in [-0.3, -0.25) is 4.79 Å². The number of halogens is 1. The fourth-order valence-electron chi connectivity index (χ4n) is 1.12. The van der Waals surface area contributed by atoms with Crippen LogP contribution in [0.3, 0.4) is 0 Å². The summed E-state index contributed by atoms with van der Waals surface area (Å²) < 4.78 is 4.81. The highest BCUT2D eigenvalue weighted by atomic mass is 35.5. The van der Waals surface area contributed by atoms with Crippen molar-refractivity contribution < 1.29 is 9.32 Å². The summed E-state index contributed by atoms with van der Waals surface area (Å²) in [6, 6.07) is 1.61. The average molecular weight is 231 g/mol. The van der Waals surface area contributed by atoms with E-state index in [9.17, 15) is 4.79 Å². The lowest BCUT2D eigenvalue weighted by molar-refractivity contribution is 0.0938. The molecule has 0 aromatic carbocycles. The number of aryl methyl sites for hydroxylation is 1. The van der Waals surface area contributed by atoms with E-state index in [-0.39, 0.29) is 5.91 Å². The number of carbonyl (C=O) groups excluding carboxylic acids is 1. The maximum absolute atomic E-state index is 11.5. The van der Waals surface area contributed by atoms with Gasteiger partial charge in [0.05, 0.1) is 0 Å². The molecule has 1 atom stereocenters. The van der Waals surface area contributed by atoms with Crippen LogP contribution in [0.4, 0.5) is 0 Å². The van der Waals surface area contributed by atoms with E-state index in [0.717, 1.165) is 6.42 Å². The van der Waals surface area contributed by atoms with Crippen LogP contribution in [-0.2, 0) is 0 Å². The van der Waals surface area contributed by atoms with Crippen molar-refractivity contribution in [3.8, 4) is 0 Å². The van der Waals surface area contributed by atoms with Crippen molar-refractivity contribution in [2.75, 3.05) is 12.4 Å². The van der Waals surface area contributed by atoms with Gasteiger partial charge in [-0.05, 0) is 19.3 Å². The van der Waals surface area contributed by atoms with Gasteiger partial charge in [0.1, 0.15) is 5.76 Å². The fraction of sp³-hybridized carbons (Fsp3) is 0.600. The Morgan fingerprint density at radius 3 is 3.00 bits per heavy atom. The van der Waals surface area contributed by atoms with Gasteiger partial charge in [0, 0.05) is 18.5 Å². The van der Waals surface area contributed by atoms with Crippen LogP contribution in [0.2, 0.25) is 0 Å². The van der Waals surface area contributed by atoms with Crippen LogP contribution >= 0.6 is 11.6 Å². The van der Waals surface area contributed by atoms with E-state index < -0.39 is 0 Å². The standard InChI is InChI=1S/C10H15ClN2O2/c1-7(3-4-11)6-12-10(14)9-5-8(2)15-13-9/h5,7H,3-4,6H2,1-2H3,(H,12,14). The fourth-order valence-corrected chi connectivity index (χ4v) is 1.49. The number of amides is 1. The maximum Gasteiger partial charge on any atom is 0.273 e. The molecule has 1 aromatic heterocycles. The van der Waals surface area contributed by atoms with Crippen molar-refractivity contribution in [2.24, 2.45) is 5.92 Å². The van der Waals surface area contributed by atoms with Crippen LogP contribution in [0.15, 0.2) is 10.6 Å². The minimum atomic E-state index is -0.201. The molecule has 0 aliphatic carbocycles. The van der Waals surface area contributed by atoms with Crippen molar-refractivity contribution in [3.63, 3.8) is 0 Å². The summed E-state index contributed by atoms with van der Waals surface area (Å²) in [6.07, 6.45) is 0.889. The van der Waals surface area contributed by atoms with Gasteiger partial charge < -0.3 is 9.84 Å². The zero-order valence-electron chi connectivity index (χ0n) is 8.92. The molecule has 4 nitrogen and oxygen atoms in total. The number of aromatic nitrogens is 1. The van der Waals surface area contributed by atoms with Crippen molar-refractivity contribution in [3.05, 3.63) is 17.5 Å². The van der Waals surface area contributed by atoms with Crippen LogP contribution < -0.4 is 5.32 Å². The molecule has 0 fully saturated rings. The first-order valence-electron chi connectivity index (χ1n) is 4.91. The summed E-state index contributed by atoms with van der Waals surface area (Å²) in [5, 5.41) is 6.40. The molecule has 0 saturated heterocycles. The minimum Gasteiger partial charge on any atom is -0.361 e. The summed E-state index contributed by atoms with van der Waals surface area (Å²) in [6.45, 7) is 4.40. The second-order valence-electron chi connectivity index (χ2n) is 3.62. The number of rotatable bonds is 5. The van der Waals surface area contributed by atoms with E-state index in [1.54, 1.807) is 13.0 Å². The molecule has 0 bridgehead atoms. The lowest BCUT2D eigenvalue weighted by atomic mass is 10.1. The lowest BCUT2D eigenvalue weighted by Gasteiger charge is -2.09. The Balaban J connectivity index is 2.36. The van der Waals surface area contributed by atoms with Gasteiger partial charge >= 0.3 is 0 Å². The predicted molar refractivity (Wildman–Crippen MR) is 58.1 cm³/mol. The Kier molecular flexibility index (Phi) is 4.62. The average Bonchev–Trinajstić information content (AvgIpc) is 2.62. The first-order chi connectivity index (χ1) is 7.13. The molecule has 1 amide bonds. The van der Waals surface area contributed by atoms with Gasteiger partial charge in [0.15, 0.2) is 5.69 Å². The zero-order valence-corrected chi connectivity index (χ0v) is 9.67. The van der Waals surface area contributed by atoms with Crippen molar-refractivity contribution in [1.29, 1.82) is 0 Å². The van der Waals surface area contributed by atoms with Crippen molar-refractivity contribution >= 4 is 17.5 Å². The maximum atomic E-state index is 11.5. The third-order valence-corrected chi connectivity index (χ3v) is 2.29. The van der Waals surface area contributed by atoms with Crippen LogP contribution in [0, 0.1) is 12.8 Å². The molecular weight excluding hydrogens is 216 g/mol. The third-order valence-electron chi connectivity index (χ3n) is 2.07. The number of alkyl halides is 1. The largest absolute Gasteiger partial charge is 0.361 e. The summed E-state index contributed by atoms with van der Waals surface area (Å²) in [7, 11) is 0. The number of hydrogen-bond acceptors (Lipinski definition) is 3. The summed E-state index contributed by atoms with van der Waals surface area (Å²) in [5.41, 5.74) is 0.325. The molecule has 15 heavy (non-hydrogen) atoms. The van der Waals surface area contributed by atoms with Gasteiger partial charge in [-0.2, -0.15) is 0 Å². The minimum absolute atomic E-state index is 0.201. The summed E-state index contributed by atoms with van der Waals surface area (Å²) in [5.74, 6) is 1.42. The van der Waals surface area contributed by atoms with E-state index in [1.165, 1.54) is 0 Å². The molecule has 1 unspecified atom stereocenters. The Labute approximate surface area is 94.0 Å². The monoisotopic (exact) mass is 230 g/mol. The number of carbonyl (C=O) groups is 1. The molecule has 1 aromatic rings. The van der Waals surface area contributed by atoms with Crippen LogP contribution in [0.25, 0.3) is 0 Å². The first-order valence-corrected chi connectivity index (χ1v) is 5.44. The van der Waals surface area contributed by atoms with Gasteiger partial charge in [0.25, 0.3) is 5.91 Å². The quantitative estimate of drug-likeness (QED) is 0.787. The van der Waals surface area contributed by atoms with Crippen LogP contribution in [0.1, 0.15) is 29.6 Å². The molecule has 1 rings (SSSR count). The zero-order chi connectivity index (χ0) is 11.3. The molecule has 1 N–H and O–H groups in total. The van der Waals surface area contributed by atoms with Gasteiger partial charge in [-0.25, -0.2) is 0 Å². The normalized spacial score (nSPS) is 12.5. The Hall–Kier alpha value is -1.03. The molecule has 0 radical (unpaired) electrons. The molecule has 0 aliphatic heterocycles. The summed E-state index contributed by atoms with van der Waals surface area (Å²) in [4.78, 5) is 11.5. The van der Waals surface area contributed by atoms with E-state index in [1.807, 2.05) is 6.92 Å². The van der Waals surface area contributed by atoms with Crippen molar-refractivity contribution in [2.45, 2.75) is 20.3 Å². The number of nitrogens with one attached hydrogen (secondary N) is 1. The van der Waals surface area contributed by atoms with Gasteiger partial charge in [-0.15, -0.1) is 11.6 Å². The van der Waals surface area contributed by atoms with Crippen molar-refractivity contribution in [1.82, 2.24) is 10.5 Å². The second-order valence-corrected chi connectivity index (χ2v) is 3.99. The molecule has 5 heteroatoms. The van der Waals surface area contributed by atoms with Crippen LogP contribution in [-0.4, -0.2) is 23.5 Å². The molecule has 0 aliphatic rings.